The van der Waals surface area contributed by atoms with E-state index in [0.29, 0.717) is 11.1 Å². The maximum Gasteiger partial charge on any atom is 0.318 e. The normalized spacial score (nSPS) is 28.3. The minimum Gasteiger partial charge on any atom is -0.744 e. The Bertz CT molecular complexity index is 1350. The summed E-state index contributed by atoms with van der Waals surface area (Å²) in [4.78, 5) is 37.1. The Labute approximate surface area is 207 Å². The summed E-state index contributed by atoms with van der Waals surface area (Å²) in [5.41, 5.74) is 0.852. The molecule has 10 nitrogen and oxygen atoms in total. The molecule has 0 saturated carbocycles. The van der Waals surface area contributed by atoms with Gasteiger partial charge in [-0.1, -0.05) is 44.2 Å². The van der Waals surface area contributed by atoms with Crippen LogP contribution in [0.4, 0.5) is 0 Å². The number of ether oxygens (including phenoxy) is 4. The van der Waals surface area contributed by atoms with Gasteiger partial charge < -0.3 is 23.5 Å². The van der Waals surface area contributed by atoms with Crippen LogP contribution in [-0.2, 0) is 38.7 Å². The maximum atomic E-state index is 13.4. The number of fused-ring (bicyclic) bond motifs is 1. The van der Waals surface area contributed by atoms with Gasteiger partial charge in [0.1, 0.15) is 39.9 Å². The van der Waals surface area contributed by atoms with Crippen LogP contribution in [-0.4, -0.2) is 55.3 Å². The standard InChI is InChI=1S/C25H24O10S/c1-11(2)14-10-17(36(29,30)31)15(13-7-5-4-6-8-13)9-16(14)33-24(27)18-19-21-23(35-25(19)28)22(20(18)34-21)32-12(3)26/h4-11,18-23H,1-3H3,(H,29,30,31)/p-1. The molecular formula is C25H23O10S-. The Balaban J connectivity index is 1.55. The number of carbonyl (C=O) groups is 3. The van der Waals surface area contributed by atoms with Crippen LogP contribution in [0.3, 0.4) is 0 Å². The summed E-state index contributed by atoms with van der Waals surface area (Å²) in [6.45, 7) is 4.72. The first-order valence-electron chi connectivity index (χ1n) is 11.4. The van der Waals surface area contributed by atoms with Crippen LogP contribution in [0, 0.1) is 11.8 Å². The summed E-state index contributed by atoms with van der Waals surface area (Å²) in [6.07, 6.45) is -3.38. The molecule has 11 heteroatoms. The fourth-order valence-corrected chi connectivity index (χ4v) is 5.99. The Morgan fingerprint density at radius 2 is 1.75 bits per heavy atom. The Hall–Kier alpha value is -3.28. The van der Waals surface area contributed by atoms with Crippen molar-refractivity contribution in [3.63, 3.8) is 0 Å². The Kier molecular flexibility index (Phi) is 5.89. The molecule has 2 aromatic rings. The van der Waals surface area contributed by atoms with Gasteiger partial charge in [-0.2, -0.15) is 0 Å². The van der Waals surface area contributed by atoms with Crippen molar-refractivity contribution in [1.82, 2.24) is 0 Å². The monoisotopic (exact) mass is 515 g/mol. The van der Waals surface area contributed by atoms with Gasteiger partial charge in [0.2, 0.25) is 0 Å². The second-order valence-electron chi connectivity index (χ2n) is 9.37. The smallest absolute Gasteiger partial charge is 0.318 e. The van der Waals surface area contributed by atoms with Gasteiger partial charge in [-0.15, -0.1) is 0 Å². The minimum atomic E-state index is -4.86. The summed E-state index contributed by atoms with van der Waals surface area (Å²) in [7, 11) is -4.86. The van der Waals surface area contributed by atoms with Crippen molar-refractivity contribution in [3.05, 3.63) is 48.0 Å². The molecule has 0 spiro atoms. The quantitative estimate of drug-likeness (QED) is 0.319. The number of hydrogen-bond acceptors (Lipinski definition) is 10. The molecule has 3 saturated heterocycles. The van der Waals surface area contributed by atoms with Crippen LogP contribution in [0.5, 0.6) is 5.75 Å². The van der Waals surface area contributed by atoms with Crippen molar-refractivity contribution in [3.8, 4) is 16.9 Å². The van der Waals surface area contributed by atoms with Crippen LogP contribution in [0.2, 0.25) is 0 Å². The highest BCUT2D eigenvalue weighted by Crippen LogP contribution is 2.51. The van der Waals surface area contributed by atoms with Crippen LogP contribution in [0.25, 0.3) is 11.1 Å². The lowest BCUT2D eigenvalue weighted by Crippen LogP contribution is -2.48. The zero-order valence-electron chi connectivity index (χ0n) is 19.6. The highest BCUT2D eigenvalue weighted by Gasteiger charge is 2.72. The largest absolute Gasteiger partial charge is 0.744 e. The SMILES string of the molecule is CC(=O)OC1C2OC(=O)C3C2OC1C3C(=O)Oc1cc(-c2ccccc2)c(S(=O)(=O)[O-])cc1C(C)C. The van der Waals surface area contributed by atoms with E-state index in [4.69, 9.17) is 18.9 Å². The predicted octanol–water partition coefficient (Wildman–Crippen LogP) is 2.16. The highest BCUT2D eigenvalue weighted by atomic mass is 32.2. The summed E-state index contributed by atoms with van der Waals surface area (Å²) >= 11 is 0. The van der Waals surface area contributed by atoms with Crippen molar-refractivity contribution in [2.24, 2.45) is 11.8 Å². The van der Waals surface area contributed by atoms with Crippen LogP contribution in [0.15, 0.2) is 47.4 Å². The van der Waals surface area contributed by atoms with Crippen molar-refractivity contribution in [1.29, 1.82) is 0 Å². The van der Waals surface area contributed by atoms with E-state index < -0.39 is 69.2 Å². The zero-order chi connectivity index (χ0) is 25.9. The summed E-state index contributed by atoms with van der Waals surface area (Å²) < 4.78 is 58.5. The molecule has 6 unspecified atom stereocenters. The number of esters is 3. The molecule has 0 radical (unpaired) electrons. The third kappa shape index (κ3) is 3.97. The zero-order valence-corrected chi connectivity index (χ0v) is 20.4. The fourth-order valence-electron chi connectivity index (χ4n) is 5.27. The summed E-state index contributed by atoms with van der Waals surface area (Å²) in [6, 6.07) is 10.9. The van der Waals surface area contributed by atoms with Crippen LogP contribution >= 0.6 is 0 Å². The molecule has 0 amide bonds. The van der Waals surface area contributed by atoms with E-state index >= 15 is 0 Å². The van der Waals surface area contributed by atoms with Crippen LogP contribution in [0.1, 0.15) is 32.3 Å². The molecule has 2 bridgehead atoms. The number of carbonyl (C=O) groups excluding carboxylic acids is 3. The first-order valence-corrected chi connectivity index (χ1v) is 12.8. The van der Waals surface area contributed by atoms with Crippen molar-refractivity contribution < 1.29 is 46.3 Å². The Morgan fingerprint density at radius 1 is 1.06 bits per heavy atom. The van der Waals surface area contributed by atoms with E-state index in [-0.39, 0.29) is 17.2 Å². The average molecular weight is 516 g/mol. The molecule has 6 atom stereocenters. The first-order chi connectivity index (χ1) is 17.0. The molecule has 36 heavy (non-hydrogen) atoms. The van der Waals surface area contributed by atoms with Gasteiger partial charge in [0.05, 0.1) is 4.90 Å². The van der Waals surface area contributed by atoms with Gasteiger partial charge in [0.25, 0.3) is 0 Å². The van der Waals surface area contributed by atoms with Crippen molar-refractivity contribution >= 4 is 28.0 Å². The summed E-state index contributed by atoms with van der Waals surface area (Å²) in [5.74, 6) is -4.30. The minimum absolute atomic E-state index is 0.0518. The van der Waals surface area contributed by atoms with E-state index in [1.165, 1.54) is 19.1 Å². The lowest BCUT2D eigenvalue weighted by Gasteiger charge is -2.27. The molecule has 190 valence electrons. The number of hydrogen-bond donors (Lipinski definition) is 0. The third-order valence-corrected chi connectivity index (χ3v) is 7.65. The molecule has 3 aliphatic heterocycles. The van der Waals surface area contributed by atoms with E-state index in [9.17, 15) is 27.4 Å². The molecule has 3 fully saturated rings. The maximum absolute atomic E-state index is 13.4. The molecule has 3 aliphatic rings. The number of rotatable bonds is 6. The average Bonchev–Trinajstić information content (AvgIpc) is 3.42. The van der Waals surface area contributed by atoms with Gasteiger partial charge in [0, 0.05) is 12.5 Å². The Morgan fingerprint density at radius 3 is 2.36 bits per heavy atom. The molecule has 0 aliphatic carbocycles. The number of benzene rings is 2. The van der Waals surface area contributed by atoms with E-state index in [2.05, 4.69) is 0 Å². The van der Waals surface area contributed by atoms with Crippen molar-refractivity contribution in [2.75, 3.05) is 0 Å². The molecule has 3 heterocycles. The van der Waals surface area contributed by atoms with E-state index in [1.807, 2.05) is 0 Å². The van der Waals surface area contributed by atoms with Gasteiger partial charge in [0.15, 0.2) is 12.2 Å². The molecule has 2 aromatic carbocycles. The second-order valence-corrected chi connectivity index (χ2v) is 10.7. The fraction of sp³-hybridized carbons (Fsp3) is 0.400. The van der Waals surface area contributed by atoms with Crippen LogP contribution < -0.4 is 4.74 Å². The van der Waals surface area contributed by atoms with E-state index in [1.54, 1.807) is 44.2 Å². The lowest BCUT2D eigenvalue weighted by molar-refractivity contribution is -0.159. The molecule has 5 rings (SSSR count). The molecule has 0 N–H and O–H groups in total. The topological polar surface area (TPSA) is 145 Å². The van der Waals surface area contributed by atoms with Gasteiger partial charge in [-0.25, -0.2) is 8.42 Å². The highest BCUT2D eigenvalue weighted by molar-refractivity contribution is 7.85. The van der Waals surface area contributed by atoms with Crippen molar-refractivity contribution in [2.45, 2.75) is 56.0 Å². The van der Waals surface area contributed by atoms with Gasteiger partial charge in [-0.3, -0.25) is 14.4 Å². The third-order valence-electron chi connectivity index (χ3n) is 6.78. The predicted molar refractivity (Wildman–Crippen MR) is 121 cm³/mol. The van der Waals surface area contributed by atoms with Gasteiger partial charge in [-0.05, 0) is 29.2 Å². The summed E-state index contributed by atoms with van der Waals surface area (Å²) in [5, 5.41) is 0. The second kappa shape index (κ2) is 8.68. The van der Waals surface area contributed by atoms with Gasteiger partial charge >= 0.3 is 17.9 Å². The molecular weight excluding hydrogens is 492 g/mol. The van der Waals surface area contributed by atoms with E-state index in [0.717, 1.165) is 0 Å². The molecule has 0 aromatic heterocycles. The first kappa shape index (κ1) is 24.4. The lowest BCUT2D eigenvalue weighted by atomic mass is 9.78.